The van der Waals surface area contributed by atoms with E-state index in [0.29, 0.717) is 16.7 Å². The Morgan fingerprint density at radius 3 is 1.62 bits per heavy atom. The highest BCUT2D eigenvalue weighted by molar-refractivity contribution is 6.77. The molecule has 3 aromatic rings. The summed E-state index contributed by atoms with van der Waals surface area (Å²) in [4.78, 5) is 8.57. The van der Waals surface area contributed by atoms with Crippen LogP contribution in [-0.4, -0.2) is 24.5 Å². The molecule has 0 aliphatic heterocycles. The molecule has 0 amide bonds. The van der Waals surface area contributed by atoms with Crippen molar-refractivity contribution >= 4 is 8.32 Å². The van der Waals surface area contributed by atoms with E-state index in [2.05, 4.69) is 57.6 Å². The molecule has 0 aliphatic carbocycles. The van der Waals surface area contributed by atoms with Gasteiger partial charge in [0.05, 0.1) is 6.07 Å². The fraction of sp³-hybridized carbons (Fsp3) is 0.452. The Morgan fingerprint density at radius 1 is 0.744 bits per heavy atom. The molecule has 0 bridgehead atoms. The molecule has 1 heterocycles. The molecule has 2 unspecified atom stereocenters. The number of hydrogen-bond donors (Lipinski definition) is 0. The standard InChI is InChI=1S/C31H38F3N3OSi/c1-23(2)39(24(3)4,25(5)6)38-31(27-15-11-8-12-16-27,28-19-36-22-37-20-28)29(21-35,17-18-30(32,33)34)26-13-9-7-10-14-26/h7-16,19-20,22-25H,17-18H2,1-6H3. The van der Waals surface area contributed by atoms with Crippen LogP contribution in [0.5, 0.6) is 0 Å². The smallest absolute Gasteiger partial charge is 0.389 e. The summed E-state index contributed by atoms with van der Waals surface area (Å²) in [6.07, 6.45) is -1.58. The largest absolute Gasteiger partial charge is 0.400 e. The van der Waals surface area contributed by atoms with Crippen molar-refractivity contribution in [3.63, 3.8) is 0 Å². The highest BCUT2D eigenvalue weighted by atomic mass is 28.4. The van der Waals surface area contributed by atoms with Crippen LogP contribution in [0.25, 0.3) is 0 Å². The Balaban J connectivity index is 2.60. The second-order valence-electron chi connectivity index (χ2n) is 11.1. The van der Waals surface area contributed by atoms with Gasteiger partial charge in [-0.3, -0.25) is 0 Å². The molecule has 2 atom stereocenters. The summed E-state index contributed by atoms with van der Waals surface area (Å²) in [5.74, 6) is 0. The van der Waals surface area contributed by atoms with Crippen LogP contribution in [0.15, 0.2) is 79.4 Å². The zero-order valence-electron chi connectivity index (χ0n) is 23.5. The SMILES string of the molecule is CC(C)[Si](OC(c1ccccc1)(c1cncnc1)C(C#N)(CCC(F)(F)F)c1ccccc1)(C(C)C)C(C)C. The molecule has 0 fully saturated rings. The summed E-state index contributed by atoms with van der Waals surface area (Å²) in [7, 11) is -2.85. The van der Waals surface area contributed by atoms with Gasteiger partial charge >= 0.3 is 6.18 Å². The van der Waals surface area contributed by atoms with E-state index in [1.165, 1.54) is 6.33 Å². The van der Waals surface area contributed by atoms with Crippen molar-refractivity contribution in [3.05, 3.63) is 96.1 Å². The number of aromatic nitrogens is 2. The van der Waals surface area contributed by atoms with Gasteiger partial charge in [-0.05, 0) is 34.2 Å². The van der Waals surface area contributed by atoms with Crippen molar-refractivity contribution in [3.8, 4) is 6.07 Å². The molecule has 0 saturated heterocycles. The second kappa shape index (κ2) is 12.0. The minimum Gasteiger partial charge on any atom is -0.400 e. The van der Waals surface area contributed by atoms with E-state index in [0.717, 1.165) is 0 Å². The maximum Gasteiger partial charge on any atom is 0.389 e. The van der Waals surface area contributed by atoms with Crippen molar-refractivity contribution < 1.29 is 17.6 Å². The third-order valence-corrected chi connectivity index (χ3v) is 14.1. The maximum absolute atomic E-state index is 14.0. The van der Waals surface area contributed by atoms with Gasteiger partial charge in [0, 0.05) is 24.4 Å². The average Bonchev–Trinajstić information content (AvgIpc) is 2.91. The number of nitriles is 1. The first-order valence-corrected chi connectivity index (χ1v) is 15.6. The van der Waals surface area contributed by atoms with Crippen LogP contribution in [0, 0.1) is 11.3 Å². The van der Waals surface area contributed by atoms with Crippen LogP contribution >= 0.6 is 0 Å². The molecule has 0 aliphatic rings. The molecule has 1 aromatic heterocycles. The normalized spacial score (nSPS) is 15.7. The summed E-state index contributed by atoms with van der Waals surface area (Å²) in [6, 6.07) is 20.4. The van der Waals surface area contributed by atoms with Gasteiger partial charge in [0.15, 0.2) is 0 Å². The average molecular weight is 554 g/mol. The number of nitrogens with zero attached hydrogens (tertiary/aromatic N) is 3. The molecular weight excluding hydrogens is 515 g/mol. The number of benzene rings is 2. The van der Waals surface area contributed by atoms with E-state index >= 15 is 0 Å². The van der Waals surface area contributed by atoms with E-state index < -0.39 is 38.4 Å². The third-order valence-electron chi connectivity index (χ3n) is 8.03. The predicted octanol–water partition coefficient (Wildman–Crippen LogP) is 8.72. The Bertz CT molecular complexity index is 1170. The number of alkyl halides is 3. The molecule has 0 saturated carbocycles. The molecule has 0 radical (unpaired) electrons. The van der Waals surface area contributed by atoms with Crippen molar-refractivity contribution in [1.82, 2.24) is 9.97 Å². The highest BCUT2D eigenvalue weighted by Gasteiger charge is 2.62. The van der Waals surface area contributed by atoms with E-state index in [1.807, 2.05) is 30.3 Å². The van der Waals surface area contributed by atoms with Crippen LogP contribution in [0.3, 0.4) is 0 Å². The zero-order valence-corrected chi connectivity index (χ0v) is 24.5. The second-order valence-corrected chi connectivity index (χ2v) is 16.5. The summed E-state index contributed by atoms with van der Waals surface area (Å²) in [5, 5.41) is 11.2. The molecule has 3 rings (SSSR count). The summed E-state index contributed by atoms with van der Waals surface area (Å²) in [5.41, 5.74) is -1.56. The van der Waals surface area contributed by atoms with E-state index in [1.54, 1.807) is 42.7 Å². The van der Waals surface area contributed by atoms with E-state index in [4.69, 9.17) is 4.43 Å². The Morgan fingerprint density at radius 2 is 1.21 bits per heavy atom. The van der Waals surface area contributed by atoms with Crippen LogP contribution in [0.4, 0.5) is 13.2 Å². The summed E-state index contributed by atoms with van der Waals surface area (Å²) >= 11 is 0. The quantitative estimate of drug-likeness (QED) is 0.223. The van der Waals surface area contributed by atoms with E-state index in [-0.39, 0.29) is 16.6 Å². The minimum atomic E-state index is -4.48. The van der Waals surface area contributed by atoms with Crippen LogP contribution in [-0.2, 0) is 15.4 Å². The van der Waals surface area contributed by atoms with Gasteiger partial charge in [0.25, 0.3) is 0 Å². The summed E-state index contributed by atoms with van der Waals surface area (Å²) < 4.78 is 49.6. The monoisotopic (exact) mass is 553 g/mol. The van der Waals surface area contributed by atoms with Gasteiger partial charge in [-0.15, -0.1) is 0 Å². The van der Waals surface area contributed by atoms with Gasteiger partial charge in [-0.1, -0.05) is 102 Å². The first kappa shape index (κ1) is 30.5. The van der Waals surface area contributed by atoms with Crippen LogP contribution in [0.1, 0.15) is 71.1 Å². The lowest BCUT2D eigenvalue weighted by Crippen LogP contribution is -2.61. The van der Waals surface area contributed by atoms with Crippen LogP contribution < -0.4 is 0 Å². The lowest BCUT2D eigenvalue weighted by Gasteiger charge is -2.55. The van der Waals surface area contributed by atoms with Gasteiger partial charge < -0.3 is 4.43 Å². The van der Waals surface area contributed by atoms with Crippen molar-refractivity contribution in [2.75, 3.05) is 0 Å². The first-order valence-electron chi connectivity index (χ1n) is 13.4. The molecule has 4 nitrogen and oxygen atoms in total. The van der Waals surface area contributed by atoms with Crippen molar-refractivity contribution in [2.24, 2.45) is 0 Å². The predicted molar refractivity (Wildman–Crippen MR) is 150 cm³/mol. The fourth-order valence-electron chi connectivity index (χ4n) is 6.41. The zero-order chi connectivity index (χ0) is 28.9. The fourth-order valence-corrected chi connectivity index (χ4v) is 12.1. The Hall–Kier alpha value is -3.02. The van der Waals surface area contributed by atoms with Gasteiger partial charge in [-0.25, -0.2) is 9.97 Å². The van der Waals surface area contributed by atoms with Gasteiger partial charge in [0.2, 0.25) is 8.32 Å². The van der Waals surface area contributed by atoms with Crippen molar-refractivity contribution in [1.29, 1.82) is 5.26 Å². The molecule has 0 spiro atoms. The number of rotatable bonds is 11. The lowest BCUT2D eigenvalue weighted by molar-refractivity contribution is -0.141. The number of halogens is 3. The first-order chi connectivity index (χ1) is 18.4. The number of hydrogen-bond acceptors (Lipinski definition) is 4. The maximum atomic E-state index is 14.0. The van der Waals surface area contributed by atoms with Crippen molar-refractivity contribution in [2.45, 2.75) is 88.2 Å². The molecule has 8 heteroatoms. The Labute approximate surface area is 231 Å². The third kappa shape index (κ3) is 5.66. The minimum absolute atomic E-state index is 0.0972. The van der Waals surface area contributed by atoms with E-state index in [9.17, 15) is 18.4 Å². The molecule has 39 heavy (non-hydrogen) atoms. The van der Waals surface area contributed by atoms with Crippen LogP contribution in [0.2, 0.25) is 16.6 Å². The molecule has 0 N–H and O–H groups in total. The molecule has 208 valence electrons. The highest BCUT2D eigenvalue weighted by Crippen LogP contribution is 2.58. The lowest BCUT2D eigenvalue weighted by atomic mass is 9.60. The molecular formula is C31H38F3N3OSi. The molecule has 2 aromatic carbocycles. The topological polar surface area (TPSA) is 58.8 Å². The summed E-state index contributed by atoms with van der Waals surface area (Å²) in [6.45, 7) is 12.7. The van der Waals surface area contributed by atoms with Gasteiger partial charge in [-0.2, -0.15) is 18.4 Å². The Kier molecular flexibility index (Phi) is 9.40. The van der Waals surface area contributed by atoms with Gasteiger partial charge in [0.1, 0.15) is 17.3 Å².